The first-order valence-corrected chi connectivity index (χ1v) is 6.84. The summed E-state index contributed by atoms with van der Waals surface area (Å²) in [6.07, 6.45) is 4.76. The molecule has 0 aliphatic heterocycles. The van der Waals surface area contributed by atoms with Gasteiger partial charge in [-0.05, 0) is 39.4 Å². The fraction of sp³-hybridized carbons (Fsp3) is 0.929. The second-order valence-electron chi connectivity index (χ2n) is 5.87. The zero-order valence-electron chi connectivity index (χ0n) is 12.3. The molecule has 3 heteroatoms. The third-order valence-electron chi connectivity index (χ3n) is 2.83. The fourth-order valence-electron chi connectivity index (χ4n) is 1.51. The van der Waals surface area contributed by atoms with Gasteiger partial charge in [0.05, 0.1) is 0 Å². The molecule has 0 unspecified atom stereocenters. The summed E-state index contributed by atoms with van der Waals surface area (Å²) in [4.78, 5) is 14.0. The summed E-state index contributed by atoms with van der Waals surface area (Å²) >= 11 is 0. The molecule has 102 valence electrons. The Morgan fingerprint density at radius 1 is 1.12 bits per heavy atom. The lowest BCUT2D eigenvalue weighted by Crippen LogP contribution is -2.35. The summed E-state index contributed by atoms with van der Waals surface area (Å²) < 4.78 is 0. The van der Waals surface area contributed by atoms with Crippen LogP contribution in [0.1, 0.15) is 53.4 Å². The maximum Gasteiger partial charge on any atom is 0.225 e. The van der Waals surface area contributed by atoms with E-state index in [-0.39, 0.29) is 11.3 Å². The predicted octanol–water partition coefficient (Wildman–Crippen LogP) is 2.66. The molecule has 0 aromatic heterocycles. The highest BCUT2D eigenvalue weighted by Crippen LogP contribution is 2.12. The molecule has 0 bridgehead atoms. The first-order chi connectivity index (χ1) is 7.88. The molecule has 1 N–H and O–H groups in total. The number of hydrogen-bond donors (Lipinski definition) is 1. The average molecular weight is 242 g/mol. The van der Waals surface area contributed by atoms with Crippen LogP contribution in [0.2, 0.25) is 0 Å². The molecule has 0 atom stereocenters. The minimum absolute atomic E-state index is 0.150. The van der Waals surface area contributed by atoms with Crippen LogP contribution in [0, 0.1) is 5.41 Å². The number of amides is 1. The molecule has 0 radical (unpaired) electrons. The van der Waals surface area contributed by atoms with Crippen LogP contribution in [0.5, 0.6) is 0 Å². The van der Waals surface area contributed by atoms with Crippen LogP contribution < -0.4 is 5.32 Å². The Kier molecular flexibility index (Phi) is 8.23. The Balaban J connectivity index is 3.44. The van der Waals surface area contributed by atoms with Crippen molar-refractivity contribution in [3.05, 3.63) is 0 Å². The van der Waals surface area contributed by atoms with E-state index >= 15 is 0 Å². The zero-order chi connectivity index (χ0) is 13.3. The van der Waals surface area contributed by atoms with E-state index in [0.717, 1.165) is 25.9 Å². The minimum atomic E-state index is -0.266. The van der Waals surface area contributed by atoms with Crippen molar-refractivity contribution in [2.75, 3.05) is 26.7 Å². The second-order valence-corrected chi connectivity index (χ2v) is 5.87. The minimum Gasteiger partial charge on any atom is -0.356 e. The van der Waals surface area contributed by atoms with Crippen molar-refractivity contribution in [3.8, 4) is 0 Å². The summed E-state index contributed by atoms with van der Waals surface area (Å²) in [6, 6.07) is 0. The van der Waals surface area contributed by atoms with Crippen LogP contribution in [-0.4, -0.2) is 37.5 Å². The standard InChI is InChI=1S/C14H30N2O/c1-6-7-11-16(5)12-9-8-10-15-13(17)14(2,3)4/h6-12H2,1-5H3,(H,15,17). The predicted molar refractivity (Wildman–Crippen MR) is 74.1 cm³/mol. The number of unbranched alkanes of at least 4 members (excludes halogenated alkanes) is 2. The van der Waals surface area contributed by atoms with Crippen LogP contribution in [-0.2, 0) is 4.79 Å². The smallest absolute Gasteiger partial charge is 0.225 e. The number of carbonyl (C=O) groups excluding carboxylic acids is 1. The van der Waals surface area contributed by atoms with Crippen LogP contribution in [0.15, 0.2) is 0 Å². The monoisotopic (exact) mass is 242 g/mol. The number of hydrogen-bond acceptors (Lipinski definition) is 2. The SMILES string of the molecule is CCCCN(C)CCCCNC(=O)C(C)(C)C. The topological polar surface area (TPSA) is 32.3 Å². The maximum atomic E-state index is 11.6. The van der Waals surface area contributed by atoms with Crippen LogP contribution in [0.3, 0.4) is 0 Å². The summed E-state index contributed by atoms with van der Waals surface area (Å²) in [5.74, 6) is 0.150. The molecular formula is C14H30N2O. The highest BCUT2D eigenvalue weighted by atomic mass is 16.2. The summed E-state index contributed by atoms with van der Waals surface area (Å²) in [5, 5.41) is 2.98. The Morgan fingerprint density at radius 3 is 2.24 bits per heavy atom. The largest absolute Gasteiger partial charge is 0.356 e. The fourth-order valence-corrected chi connectivity index (χ4v) is 1.51. The quantitative estimate of drug-likeness (QED) is 0.664. The Morgan fingerprint density at radius 2 is 1.71 bits per heavy atom. The molecule has 0 rings (SSSR count). The van der Waals surface area contributed by atoms with Crippen molar-refractivity contribution in [1.82, 2.24) is 10.2 Å². The summed E-state index contributed by atoms with van der Waals surface area (Å²) in [5.41, 5.74) is -0.266. The van der Waals surface area contributed by atoms with Gasteiger partial charge in [-0.2, -0.15) is 0 Å². The Hall–Kier alpha value is -0.570. The third-order valence-corrected chi connectivity index (χ3v) is 2.83. The molecule has 17 heavy (non-hydrogen) atoms. The van der Waals surface area contributed by atoms with Gasteiger partial charge >= 0.3 is 0 Å². The Labute approximate surface area is 107 Å². The van der Waals surface area contributed by atoms with E-state index in [1.165, 1.54) is 19.4 Å². The summed E-state index contributed by atoms with van der Waals surface area (Å²) in [7, 11) is 2.17. The normalized spacial score (nSPS) is 11.9. The van der Waals surface area contributed by atoms with Gasteiger partial charge in [-0.15, -0.1) is 0 Å². The van der Waals surface area contributed by atoms with E-state index in [4.69, 9.17) is 0 Å². The second kappa shape index (κ2) is 8.51. The number of rotatable bonds is 8. The zero-order valence-corrected chi connectivity index (χ0v) is 12.3. The highest BCUT2D eigenvalue weighted by molar-refractivity contribution is 5.81. The molecule has 0 aromatic carbocycles. The van der Waals surface area contributed by atoms with Crippen LogP contribution >= 0.6 is 0 Å². The molecule has 0 saturated carbocycles. The van der Waals surface area contributed by atoms with Crippen molar-refractivity contribution in [2.45, 2.75) is 53.4 Å². The van der Waals surface area contributed by atoms with Crippen molar-refractivity contribution >= 4 is 5.91 Å². The van der Waals surface area contributed by atoms with Gasteiger partial charge < -0.3 is 10.2 Å². The molecule has 1 amide bonds. The van der Waals surface area contributed by atoms with Gasteiger partial charge in [-0.3, -0.25) is 4.79 Å². The van der Waals surface area contributed by atoms with Gasteiger partial charge in [0.15, 0.2) is 0 Å². The van der Waals surface area contributed by atoms with Crippen molar-refractivity contribution < 1.29 is 4.79 Å². The van der Waals surface area contributed by atoms with Gasteiger partial charge in [0, 0.05) is 12.0 Å². The maximum absolute atomic E-state index is 11.6. The molecule has 3 nitrogen and oxygen atoms in total. The number of carbonyl (C=O) groups is 1. The molecule has 0 saturated heterocycles. The molecule has 0 fully saturated rings. The average Bonchev–Trinajstić information content (AvgIpc) is 2.24. The van der Waals surface area contributed by atoms with E-state index in [2.05, 4.69) is 24.2 Å². The molecule has 0 aromatic rings. The van der Waals surface area contributed by atoms with E-state index in [0.29, 0.717) is 0 Å². The van der Waals surface area contributed by atoms with Gasteiger partial charge in [0.1, 0.15) is 0 Å². The van der Waals surface area contributed by atoms with Crippen molar-refractivity contribution in [1.29, 1.82) is 0 Å². The van der Waals surface area contributed by atoms with Crippen molar-refractivity contribution in [2.24, 2.45) is 5.41 Å². The number of nitrogens with zero attached hydrogens (tertiary/aromatic N) is 1. The highest BCUT2D eigenvalue weighted by Gasteiger charge is 2.19. The van der Waals surface area contributed by atoms with E-state index in [9.17, 15) is 4.79 Å². The first-order valence-electron chi connectivity index (χ1n) is 6.84. The molecule has 0 heterocycles. The van der Waals surface area contributed by atoms with Gasteiger partial charge in [-0.1, -0.05) is 34.1 Å². The number of nitrogens with one attached hydrogen (secondary N) is 1. The first kappa shape index (κ1) is 16.4. The molecule has 0 aliphatic rings. The lowest BCUT2D eigenvalue weighted by Gasteiger charge is -2.18. The lowest BCUT2D eigenvalue weighted by molar-refractivity contribution is -0.128. The van der Waals surface area contributed by atoms with Gasteiger partial charge in [0.2, 0.25) is 5.91 Å². The third kappa shape index (κ3) is 9.16. The van der Waals surface area contributed by atoms with Crippen LogP contribution in [0.25, 0.3) is 0 Å². The van der Waals surface area contributed by atoms with Crippen LogP contribution in [0.4, 0.5) is 0 Å². The van der Waals surface area contributed by atoms with Gasteiger partial charge in [0.25, 0.3) is 0 Å². The molecule has 0 aliphatic carbocycles. The van der Waals surface area contributed by atoms with E-state index in [1.54, 1.807) is 0 Å². The molecular weight excluding hydrogens is 212 g/mol. The summed E-state index contributed by atoms with van der Waals surface area (Å²) in [6.45, 7) is 11.2. The van der Waals surface area contributed by atoms with Crippen molar-refractivity contribution in [3.63, 3.8) is 0 Å². The molecule has 0 spiro atoms. The lowest BCUT2D eigenvalue weighted by atomic mass is 9.96. The Bertz CT molecular complexity index is 209. The van der Waals surface area contributed by atoms with E-state index < -0.39 is 0 Å². The van der Waals surface area contributed by atoms with Gasteiger partial charge in [-0.25, -0.2) is 0 Å². The van der Waals surface area contributed by atoms with E-state index in [1.807, 2.05) is 20.8 Å².